The summed E-state index contributed by atoms with van der Waals surface area (Å²) in [5.74, 6) is -2.58. The predicted molar refractivity (Wildman–Crippen MR) is 61.3 cm³/mol. The van der Waals surface area contributed by atoms with Gasteiger partial charge in [-0.25, -0.2) is 0 Å². The fourth-order valence-electron chi connectivity index (χ4n) is 2.30. The average molecular weight is 258 g/mol. The lowest BCUT2D eigenvalue weighted by atomic mass is 9.79. The molecule has 1 fully saturated rings. The molecule has 0 aromatic rings. The second-order valence-electron chi connectivity index (χ2n) is 4.46. The van der Waals surface area contributed by atoms with Gasteiger partial charge < -0.3 is 24.7 Å². The van der Waals surface area contributed by atoms with Gasteiger partial charge in [0.05, 0.1) is 6.54 Å². The van der Waals surface area contributed by atoms with Crippen LogP contribution in [0.3, 0.4) is 0 Å². The molecule has 0 saturated heterocycles. The summed E-state index contributed by atoms with van der Waals surface area (Å²) >= 11 is 0. The van der Waals surface area contributed by atoms with Crippen molar-refractivity contribution in [2.75, 3.05) is 20.8 Å². The molecule has 2 atom stereocenters. The van der Waals surface area contributed by atoms with Crippen LogP contribution in [0.2, 0.25) is 0 Å². The monoisotopic (exact) mass is 258 g/mol. The van der Waals surface area contributed by atoms with Gasteiger partial charge in [-0.05, 0) is 12.8 Å². The van der Waals surface area contributed by atoms with Gasteiger partial charge in [-0.3, -0.25) is 4.79 Å². The summed E-state index contributed by atoms with van der Waals surface area (Å²) in [7, 11) is 2.95. The number of aliphatic carboxylic acids is 1. The largest absolute Gasteiger partial charge is 0.550 e. The van der Waals surface area contributed by atoms with Crippen LogP contribution >= 0.6 is 0 Å². The minimum absolute atomic E-state index is 0.210. The van der Waals surface area contributed by atoms with Crippen molar-refractivity contribution < 1.29 is 24.2 Å². The number of amides is 1. The number of nitrogens with one attached hydrogen (secondary N) is 1. The Hall–Kier alpha value is -1.14. The van der Waals surface area contributed by atoms with Crippen LogP contribution in [0.15, 0.2) is 0 Å². The average Bonchev–Trinajstić information content (AvgIpc) is 2.39. The zero-order chi connectivity index (χ0) is 13.5. The summed E-state index contributed by atoms with van der Waals surface area (Å²) in [6, 6.07) is 0. The molecule has 1 saturated carbocycles. The van der Waals surface area contributed by atoms with Gasteiger partial charge in [0.1, 0.15) is 0 Å². The Balaban J connectivity index is 2.50. The van der Waals surface area contributed by atoms with Crippen LogP contribution in [-0.4, -0.2) is 38.9 Å². The Kier molecular flexibility index (Phi) is 6.07. The van der Waals surface area contributed by atoms with E-state index in [-0.39, 0.29) is 12.5 Å². The second-order valence-corrected chi connectivity index (χ2v) is 4.46. The quantitative estimate of drug-likeness (QED) is 0.635. The fraction of sp³-hybridized carbons (Fsp3) is 0.833. The highest BCUT2D eigenvalue weighted by Crippen LogP contribution is 2.29. The normalized spacial score (nSPS) is 23.9. The summed E-state index contributed by atoms with van der Waals surface area (Å²) < 4.78 is 9.89. The summed E-state index contributed by atoms with van der Waals surface area (Å²) in [5, 5.41) is 13.6. The molecule has 104 valence electrons. The summed E-state index contributed by atoms with van der Waals surface area (Å²) in [4.78, 5) is 22.9. The number of carboxylic acids is 1. The number of rotatable bonds is 6. The molecule has 1 rings (SSSR count). The number of hydrogen-bond donors (Lipinski definition) is 1. The number of carbonyl (C=O) groups is 2. The second kappa shape index (κ2) is 7.33. The third-order valence-electron chi connectivity index (χ3n) is 3.37. The Morgan fingerprint density at radius 3 is 2.28 bits per heavy atom. The van der Waals surface area contributed by atoms with E-state index in [0.29, 0.717) is 12.8 Å². The van der Waals surface area contributed by atoms with Gasteiger partial charge in [-0.2, -0.15) is 0 Å². The molecule has 0 aromatic heterocycles. The molecule has 1 N–H and O–H groups in total. The molecule has 18 heavy (non-hydrogen) atoms. The van der Waals surface area contributed by atoms with Crippen LogP contribution in [0.1, 0.15) is 25.7 Å². The molecule has 0 heterocycles. The highest BCUT2D eigenvalue weighted by atomic mass is 16.7. The molecule has 1 amide bonds. The maximum atomic E-state index is 11.9. The first-order valence-corrected chi connectivity index (χ1v) is 6.14. The zero-order valence-electron chi connectivity index (χ0n) is 10.8. The molecule has 1 aliphatic carbocycles. The molecule has 0 aliphatic heterocycles. The minimum Gasteiger partial charge on any atom is -0.550 e. The lowest BCUT2D eigenvalue weighted by Crippen LogP contribution is -2.46. The summed E-state index contributed by atoms with van der Waals surface area (Å²) in [6.45, 7) is 0.210. The fourth-order valence-corrected chi connectivity index (χ4v) is 2.30. The van der Waals surface area contributed by atoms with Gasteiger partial charge >= 0.3 is 0 Å². The van der Waals surface area contributed by atoms with Crippen LogP contribution < -0.4 is 10.4 Å². The van der Waals surface area contributed by atoms with E-state index in [1.54, 1.807) is 0 Å². The number of ether oxygens (including phenoxy) is 2. The minimum atomic E-state index is -1.13. The lowest BCUT2D eigenvalue weighted by molar-refractivity contribution is -0.314. The molecule has 0 bridgehead atoms. The maximum Gasteiger partial charge on any atom is 0.223 e. The SMILES string of the molecule is COC(CNC(=O)[C@H]1CCCC[C@@H]1C(=O)[O-])OC. The highest BCUT2D eigenvalue weighted by Gasteiger charge is 2.31. The number of hydrogen-bond acceptors (Lipinski definition) is 5. The summed E-state index contributed by atoms with van der Waals surface area (Å²) in [6.07, 6.45) is 2.30. The van der Waals surface area contributed by atoms with E-state index in [4.69, 9.17) is 9.47 Å². The van der Waals surface area contributed by atoms with Crippen molar-refractivity contribution in [1.82, 2.24) is 5.32 Å². The Bertz CT molecular complexity index is 290. The van der Waals surface area contributed by atoms with Crippen molar-refractivity contribution >= 4 is 11.9 Å². The highest BCUT2D eigenvalue weighted by molar-refractivity contribution is 5.84. The first kappa shape index (κ1) is 14.9. The van der Waals surface area contributed by atoms with Gasteiger partial charge in [0.2, 0.25) is 5.91 Å². The molecular formula is C12H20NO5-. The van der Waals surface area contributed by atoms with E-state index in [9.17, 15) is 14.7 Å². The van der Waals surface area contributed by atoms with E-state index >= 15 is 0 Å². The van der Waals surface area contributed by atoms with Crippen molar-refractivity contribution in [3.63, 3.8) is 0 Å². The molecule has 0 aromatic carbocycles. The van der Waals surface area contributed by atoms with E-state index < -0.39 is 24.1 Å². The van der Waals surface area contributed by atoms with Crippen LogP contribution in [-0.2, 0) is 19.1 Å². The van der Waals surface area contributed by atoms with Crippen LogP contribution in [0.4, 0.5) is 0 Å². The van der Waals surface area contributed by atoms with Crippen molar-refractivity contribution in [1.29, 1.82) is 0 Å². The smallest absolute Gasteiger partial charge is 0.223 e. The number of carbonyl (C=O) groups excluding carboxylic acids is 2. The molecule has 0 unspecified atom stereocenters. The third-order valence-corrected chi connectivity index (χ3v) is 3.37. The molecule has 6 heteroatoms. The van der Waals surface area contributed by atoms with E-state index in [1.807, 2.05) is 0 Å². The predicted octanol–water partition coefficient (Wildman–Crippen LogP) is -0.722. The van der Waals surface area contributed by atoms with Crippen LogP contribution in [0.5, 0.6) is 0 Å². The van der Waals surface area contributed by atoms with E-state index in [2.05, 4.69) is 5.32 Å². The third kappa shape index (κ3) is 3.96. The van der Waals surface area contributed by atoms with E-state index in [1.165, 1.54) is 14.2 Å². The van der Waals surface area contributed by atoms with Crippen molar-refractivity contribution in [2.24, 2.45) is 11.8 Å². The maximum absolute atomic E-state index is 11.9. The zero-order valence-corrected chi connectivity index (χ0v) is 10.8. The van der Waals surface area contributed by atoms with Gasteiger partial charge in [-0.15, -0.1) is 0 Å². The van der Waals surface area contributed by atoms with Gasteiger partial charge in [0, 0.05) is 32.0 Å². The molecule has 0 radical (unpaired) electrons. The molecular weight excluding hydrogens is 238 g/mol. The topological polar surface area (TPSA) is 87.7 Å². The molecule has 1 aliphatic rings. The first-order valence-electron chi connectivity index (χ1n) is 6.14. The van der Waals surface area contributed by atoms with Crippen molar-refractivity contribution in [3.05, 3.63) is 0 Å². The first-order chi connectivity index (χ1) is 8.60. The van der Waals surface area contributed by atoms with Crippen molar-refractivity contribution in [2.45, 2.75) is 32.0 Å². The Labute approximate surface area is 107 Å². The standard InChI is InChI=1S/C12H21NO5/c1-17-10(18-2)7-13-11(14)8-5-3-4-6-9(8)12(15)16/h8-10H,3-7H2,1-2H3,(H,13,14)(H,15,16)/p-1/t8-,9-/m0/s1. The Morgan fingerprint density at radius 2 is 1.78 bits per heavy atom. The van der Waals surface area contributed by atoms with Crippen LogP contribution in [0, 0.1) is 11.8 Å². The summed E-state index contributed by atoms with van der Waals surface area (Å²) in [5.41, 5.74) is 0. The Morgan fingerprint density at radius 1 is 1.22 bits per heavy atom. The molecule has 6 nitrogen and oxygen atoms in total. The lowest BCUT2D eigenvalue weighted by Gasteiger charge is -2.31. The number of carboxylic acid groups (broad SMARTS) is 1. The van der Waals surface area contributed by atoms with E-state index in [0.717, 1.165) is 12.8 Å². The molecule has 0 spiro atoms. The van der Waals surface area contributed by atoms with Crippen molar-refractivity contribution in [3.8, 4) is 0 Å². The van der Waals surface area contributed by atoms with Gasteiger partial charge in [0.25, 0.3) is 0 Å². The van der Waals surface area contributed by atoms with Gasteiger partial charge in [0.15, 0.2) is 6.29 Å². The number of methoxy groups -OCH3 is 2. The van der Waals surface area contributed by atoms with Crippen LogP contribution in [0.25, 0.3) is 0 Å². The van der Waals surface area contributed by atoms with Gasteiger partial charge in [-0.1, -0.05) is 12.8 Å².